The molecule has 0 aliphatic rings. The molecule has 0 spiro atoms. The Balaban J connectivity index is 1.45. The second kappa shape index (κ2) is 10.4. The molecule has 0 amide bonds. The van der Waals surface area contributed by atoms with Gasteiger partial charge >= 0.3 is 0 Å². The molecule has 0 N–H and O–H groups in total. The topological polar surface area (TPSA) is 30.7 Å². The summed E-state index contributed by atoms with van der Waals surface area (Å²) < 4.78 is 2.35. The van der Waals surface area contributed by atoms with Crippen molar-refractivity contribution in [2.24, 2.45) is 0 Å². The number of pyridine rings is 1. The summed E-state index contributed by atoms with van der Waals surface area (Å²) in [6, 6.07) is 47.9. The fourth-order valence-corrected chi connectivity index (χ4v) is 6.58. The predicted molar refractivity (Wildman–Crippen MR) is 180 cm³/mol. The lowest BCUT2D eigenvalue weighted by Crippen LogP contribution is -2.03. The van der Waals surface area contributed by atoms with Crippen molar-refractivity contribution in [3.8, 4) is 39.1 Å². The predicted octanol–water partition coefficient (Wildman–Crippen LogP) is 10.3. The summed E-state index contributed by atoms with van der Waals surface area (Å²) in [5.41, 5.74) is 10.5. The van der Waals surface area contributed by atoms with Crippen molar-refractivity contribution in [3.05, 3.63) is 152 Å². The van der Waals surface area contributed by atoms with Crippen molar-refractivity contribution >= 4 is 32.6 Å². The summed E-state index contributed by atoms with van der Waals surface area (Å²) >= 11 is 0. The van der Waals surface area contributed by atoms with E-state index in [-0.39, 0.29) is 0 Å². The van der Waals surface area contributed by atoms with Crippen LogP contribution >= 0.6 is 0 Å². The van der Waals surface area contributed by atoms with E-state index in [0.29, 0.717) is 0 Å². The molecule has 6 aromatic carbocycles. The van der Waals surface area contributed by atoms with Gasteiger partial charge in [-0.1, -0.05) is 110 Å². The summed E-state index contributed by atoms with van der Waals surface area (Å²) in [5, 5.41) is 4.94. The summed E-state index contributed by atoms with van der Waals surface area (Å²) in [7, 11) is 0. The first-order chi connectivity index (χ1) is 21.3. The van der Waals surface area contributed by atoms with Crippen LogP contribution in [0.3, 0.4) is 0 Å². The molecule has 0 aliphatic heterocycles. The second-order valence-corrected chi connectivity index (χ2v) is 10.9. The molecule has 2 aromatic heterocycles. The van der Waals surface area contributed by atoms with Gasteiger partial charge in [-0.2, -0.15) is 0 Å². The minimum Gasteiger partial charge on any atom is -0.296 e. The first-order valence-corrected chi connectivity index (χ1v) is 14.8. The number of nitrogens with zero attached hydrogens (tertiary/aromatic N) is 3. The molecule has 3 nitrogen and oxygen atoms in total. The SMILES string of the molecule is CCc1nc2ccccc2n1-c1ccccc1-c1c2ccccc2c(-c2cccc(-c3cccnc3)c2)c2ccccc12. The van der Waals surface area contributed by atoms with Gasteiger partial charge in [0.15, 0.2) is 0 Å². The lowest BCUT2D eigenvalue weighted by Gasteiger charge is -2.21. The van der Waals surface area contributed by atoms with Gasteiger partial charge in [-0.05, 0) is 74.1 Å². The summed E-state index contributed by atoms with van der Waals surface area (Å²) in [6.45, 7) is 2.18. The van der Waals surface area contributed by atoms with Crippen molar-refractivity contribution in [1.82, 2.24) is 14.5 Å². The highest BCUT2D eigenvalue weighted by Crippen LogP contribution is 2.45. The minimum atomic E-state index is 0.844. The van der Waals surface area contributed by atoms with Crippen molar-refractivity contribution in [2.75, 3.05) is 0 Å². The largest absolute Gasteiger partial charge is 0.296 e. The lowest BCUT2D eigenvalue weighted by molar-refractivity contribution is 0.909. The van der Waals surface area contributed by atoms with Crippen LogP contribution < -0.4 is 0 Å². The van der Waals surface area contributed by atoms with Crippen molar-refractivity contribution < 1.29 is 0 Å². The second-order valence-electron chi connectivity index (χ2n) is 10.9. The lowest BCUT2D eigenvalue weighted by atomic mass is 9.85. The summed E-state index contributed by atoms with van der Waals surface area (Å²) in [6.07, 6.45) is 4.59. The van der Waals surface area contributed by atoms with E-state index >= 15 is 0 Å². The average molecular weight is 552 g/mol. The van der Waals surface area contributed by atoms with Gasteiger partial charge in [0.05, 0.1) is 16.7 Å². The Hall–Kier alpha value is -5.54. The van der Waals surface area contributed by atoms with E-state index in [4.69, 9.17) is 4.98 Å². The van der Waals surface area contributed by atoms with Crippen LogP contribution in [0.4, 0.5) is 0 Å². The zero-order valence-electron chi connectivity index (χ0n) is 23.9. The first-order valence-electron chi connectivity index (χ1n) is 14.8. The van der Waals surface area contributed by atoms with Gasteiger partial charge in [0.2, 0.25) is 0 Å². The first kappa shape index (κ1) is 25.2. The molecule has 3 heteroatoms. The van der Waals surface area contributed by atoms with Gasteiger partial charge in [-0.15, -0.1) is 0 Å². The van der Waals surface area contributed by atoms with Gasteiger partial charge in [0.1, 0.15) is 5.82 Å². The quantitative estimate of drug-likeness (QED) is 0.199. The molecule has 204 valence electrons. The zero-order valence-corrected chi connectivity index (χ0v) is 23.9. The molecular formula is C40H29N3. The van der Waals surface area contributed by atoms with Crippen LogP contribution in [0.2, 0.25) is 0 Å². The Kier molecular flexibility index (Phi) is 6.08. The molecular weight excluding hydrogens is 522 g/mol. The van der Waals surface area contributed by atoms with Gasteiger partial charge in [-0.3, -0.25) is 9.55 Å². The van der Waals surface area contributed by atoms with Crippen LogP contribution in [0.25, 0.3) is 71.6 Å². The Bertz CT molecular complexity index is 2220. The zero-order chi connectivity index (χ0) is 28.8. The molecule has 0 fully saturated rings. The highest BCUT2D eigenvalue weighted by molar-refractivity contribution is 6.22. The molecule has 2 heterocycles. The van der Waals surface area contributed by atoms with E-state index in [1.54, 1.807) is 0 Å². The summed E-state index contributed by atoms with van der Waals surface area (Å²) in [5.74, 6) is 1.06. The highest BCUT2D eigenvalue weighted by Gasteiger charge is 2.21. The average Bonchev–Trinajstić information content (AvgIpc) is 3.46. The van der Waals surface area contributed by atoms with Crippen LogP contribution in [0.1, 0.15) is 12.7 Å². The van der Waals surface area contributed by atoms with E-state index in [1.807, 2.05) is 18.5 Å². The number of aryl methyl sites for hydroxylation is 1. The normalized spacial score (nSPS) is 11.5. The van der Waals surface area contributed by atoms with E-state index in [2.05, 4.69) is 144 Å². The van der Waals surface area contributed by atoms with Gasteiger partial charge < -0.3 is 0 Å². The molecule has 0 atom stereocenters. The maximum absolute atomic E-state index is 5.01. The fourth-order valence-electron chi connectivity index (χ4n) is 6.58. The molecule has 0 bridgehead atoms. The third kappa shape index (κ3) is 4.12. The maximum Gasteiger partial charge on any atom is 0.114 e. The van der Waals surface area contributed by atoms with Crippen molar-refractivity contribution in [3.63, 3.8) is 0 Å². The van der Waals surface area contributed by atoms with E-state index in [0.717, 1.165) is 40.1 Å². The van der Waals surface area contributed by atoms with Crippen LogP contribution in [0.5, 0.6) is 0 Å². The molecule has 0 aliphatic carbocycles. The Morgan fingerprint density at radius 2 is 1.19 bits per heavy atom. The number of rotatable bonds is 5. The van der Waals surface area contributed by atoms with E-state index < -0.39 is 0 Å². The van der Waals surface area contributed by atoms with Crippen LogP contribution in [-0.4, -0.2) is 14.5 Å². The van der Waals surface area contributed by atoms with Gasteiger partial charge in [0.25, 0.3) is 0 Å². The van der Waals surface area contributed by atoms with Gasteiger partial charge in [-0.25, -0.2) is 4.98 Å². The van der Waals surface area contributed by atoms with E-state index in [9.17, 15) is 0 Å². The molecule has 8 aromatic rings. The third-order valence-corrected chi connectivity index (χ3v) is 8.44. The summed E-state index contributed by atoms with van der Waals surface area (Å²) in [4.78, 5) is 9.38. The number of hydrogen-bond donors (Lipinski definition) is 0. The smallest absolute Gasteiger partial charge is 0.114 e. The molecule has 0 unspecified atom stereocenters. The highest BCUT2D eigenvalue weighted by atomic mass is 15.1. The number of imidazole rings is 1. The van der Waals surface area contributed by atoms with Crippen LogP contribution in [0.15, 0.2) is 146 Å². The van der Waals surface area contributed by atoms with Crippen molar-refractivity contribution in [2.45, 2.75) is 13.3 Å². The minimum absolute atomic E-state index is 0.844. The Morgan fingerprint density at radius 1 is 0.558 bits per heavy atom. The fraction of sp³-hybridized carbons (Fsp3) is 0.0500. The van der Waals surface area contributed by atoms with Crippen molar-refractivity contribution in [1.29, 1.82) is 0 Å². The standard InChI is InChI=1S/C40H29N3/c1-2-38-42-35-21-8-10-23-37(35)43(38)36-22-9-7-20-34(36)40-32-18-5-3-16-30(32)39(31-17-4-6-19-33(31)40)28-14-11-13-27(25-28)29-15-12-24-41-26-29/h3-26H,2H2,1H3. The number of aromatic nitrogens is 3. The Morgan fingerprint density at radius 3 is 1.91 bits per heavy atom. The molecule has 43 heavy (non-hydrogen) atoms. The third-order valence-electron chi connectivity index (χ3n) is 8.44. The number of fused-ring (bicyclic) bond motifs is 3. The Labute approximate surface area is 250 Å². The molecule has 8 rings (SSSR count). The van der Waals surface area contributed by atoms with E-state index in [1.165, 1.54) is 43.8 Å². The van der Waals surface area contributed by atoms with Crippen LogP contribution in [0, 0.1) is 0 Å². The maximum atomic E-state index is 5.01. The monoisotopic (exact) mass is 551 g/mol. The molecule has 0 saturated heterocycles. The molecule has 0 saturated carbocycles. The number of benzene rings is 6. The molecule has 0 radical (unpaired) electrons. The van der Waals surface area contributed by atoms with Crippen LogP contribution in [-0.2, 0) is 6.42 Å². The number of hydrogen-bond acceptors (Lipinski definition) is 2. The van der Waals surface area contributed by atoms with Gasteiger partial charge in [0, 0.05) is 29.9 Å². The number of para-hydroxylation sites is 3.